The number of carbonyl (C=O) groups is 4. The molecule has 0 saturated carbocycles. The van der Waals surface area contributed by atoms with E-state index in [1.807, 2.05) is 0 Å². The zero-order valence-corrected chi connectivity index (χ0v) is 27.1. The van der Waals surface area contributed by atoms with Crippen molar-refractivity contribution in [3.63, 3.8) is 0 Å². The number of thiazole rings is 1. The lowest BCUT2D eigenvalue weighted by Crippen LogP contribution is -2.32. The number of imide groups is 1. The number of aromatic amines is 1. The molecule has 3 aromatic carbocycles. The van der Waals surface area contributed by atoms with Gasteiger partial charge in [0.2, 0.25) is 11.8 Å². The molecule has 2 aliphatic rings. The molecule has 0 spiro atoms. The summed E-state index contributed by atoms with van der Waals surface area (Å²) in [5, 5.41) is 2.47. The van der Waals surface area contributed by atoms with E-state index in [0.717, 1.165) is 28.0 Å². The number of anilines is 2. The van der Waals surface area contributed by atoms with Crippen LogP contribution in [0.3, 0.4) is 0 Å². The van der Waals surface area contributed by atoms with Crippen molar-refractivity contribution in [3.8, 4) is 17.2 Å². The number of aromatic nitrogens is 1. The van der Waals surface area contributed by atoms with Gasteiger partial charge in [0.05, 0.1) is 43.0 Å². The lowest BCUT2D eigenvalue weighted by atomic mass is 9.83. The molecule has 1 fully saturated rings. The minimum Gasteiger partial charge on any atom is -0.497 e. The van der Waals surface area contributed by atoms with E-state index in [-0.39, 0.29) is 24.0 Å². The monoisotopic (exact) mass is 675 g/mol. The molecule has 2 unspecified atom stereocenters. The highest BCUT2D eigenvalue weighted by atomic mass is 32.2. The van der Waals surface area contributed by atoms with Gasteiger partial charge < -0.3 is 29.2 Å². The zero-order valence-electron chi connectivity index (χ0n) is 25.4. The van der Waals surface area contributed by atoms with Gasteiger partial charge in [-0.15, -0.1) is 0 Å². The van der Waals surface area contributed by atoms with Gasteiger partial charge in [0, 0.05) is 16.5 Å². The summed E-state index contributed by atoms with van der Waals surface area (Å²) in [4.78, 5) is 69.3. The van der Waals surface area contributed by atoms with Crippen molar-refractivity contribution in [1.82, 2.24) is 4.98 Å². The Labute approximate surface area is 277 Å². The zero-order chi connectivity index (χ0) is 33.2. The standard InChI is InChI=1S/C33H29N3O9S2/c1-4-44-32(40)17-5-10-20(11-6-17)36-30(38)26-25(27-29(35-33(41)47-27)46-28(26)31(36)39)18-7-14-22(23(15-18)43-3)45-16-24(37)34-19-8-12-21(42-2)13-9-19/h5-15,25-26,28H,4,16H2,1-3H3,(H,34,37)(H,35,41)/t25-,26?,28?/m1/s1. The molecule has 0 bridgehead atoms. The largest absolute Gasteiger partial charge is 0.497 e. The Bertz CT molecular complexity index is 1900. The number of ether oxygens (including phenoxy) is 4. The van der Waals surface area contributed by atoms with Gasteiger partial charge in [0.25, 0.3) is 5.91 Å². The van der Waals surface area contributed by atoms with E-state index in [1.54, 1.807) is 56.5 Å². The van der Waals surface area contributed by atoms with Crippen LogP contribution in [0.4, 0.5) is 11.4 Å². The molecular weight excluding hydrogens is 647 g/mol. The maximum absolute atomic E-state index is 14.1. The smallest absolute Gasteiger partial charge is 0.338 e. The number of nitrogens with zero attached hydrogens (tertiary/aromatic N) is 1. The number of amides is 3. The van der Waals surface area contributed by atoms with Crippen molar-refractivity contribution < 1.29 is 38.1 Å². The molecule has 3 atom stereocenters. The molecule has 4 aromatic rings. The summed E-state index contributed by atoms with van der Waals surface area (Å²) in [5.41, 5.74) is 1.83. The van der Waals surface area contributed by atoms with E-state index >= 15 is 0 Å². The number of methoxy groups -OCH3 is 2. The Morgan fingerprint density at radius 1 is 0.915 bits per heavy atom. The third kappa shape index (κ3) is 6.21. The van der Waals surface area contributed by atoms with Crippen LogP contribution in [0.15, 0.2) is 76.6 Å². The molecule has 0 radical (unpaired) electrons. The number of esters is 1. The van der Waals surface area contributed by atoms with Gasteiger partial charge in [-0.05, 0) is 73.2 Å². The molecule has 6 rings (SSSR count). The summed E-state index contributed by atoms with van der Waals surface area (Å²) in [6.45, 7) is 1.62. The number of H-pyrrole nitrogens is 1. The fourth-order valence-corrected chi connectivity index (χ4v) is 8.12. The molecule has 47 heavy (non-hydrogen) atoms. The number of hydrogen-bond donors (Lipinski definition) is 2. The number of rotatable bonds is 10. The highest BCUT2D eigenvalue weighted by Crippen LogP contribution is 2.53. The average molecular weight is 676 g/mol. The Morgan fingerprint density at radius 2 is 1.66 bits per heavy atom. The molecule has 3 heterocycles. The summed E-state index contributed by atoms with van der Waals surface area (Å²) < 4.78 is 21.6. The molecule has 1 saturated heterocycles. The minimum atomic E-state index is -0.831. The SMILES string of the molecule is CCOC(=O)c1ccc(N2C(=O)C3Sc4[nH]c(=O)sc4[C@H](c4ccc(OCC(=O)Nc5ccc(OC)cc5)c(OC)c4)C3C2=O)cc1. The second-order valence-electron chi connectivity index (χ2n) is 10.5. The van der Waals surface area contributed by atoms with Crippen molar-refractivity contribution in [1.29, 1.82) is 0 Å². The van der Waals surface area contributed by atoms with E-state index < -0.39 is 34.9 Å². The quantitative estimate of drug-likeness (QED) is 0.182. The first-order chi connectivity index (χ1) is 22.7. The number of hydrogen-bond acceptors (Lipinski definition) is 11. The van der Waals surface area contributed by atoms with E-state index in [2.05, 4.69) is 10.3 Å². The van der Waals surface area contributed by atoms with Gasteiger partial charge >= 0.3 is 10.8 Å². The first kappa shape index (κ1) is 31.9. The number of thioether (sulfide) groups is 1. The van der Waals surface area contributed by atoms with Crippen molar-refractivity contribution in [2.75, 3.05) is 37.7 Å². The van der Waals surface area contributed by atoms with Crippen LogP contribution in [0.2, 0.25) is 0 Å². The third-order valence-corrected chi connectivity index (χ3v) is 10.1. The second kappa shape index (κ2) is 13.3. The van der Waals surface area contributed by atoms with Crippen LogP contribution in [0.1, 0.15) is 33.6 Å². The van der Waals surface area contributed by atoms with E-state index in [1.165, 1.54) is 31.4 Å². The molecule has 2 N–H and O–H groups in total. The van der Waals surface area contributed by atoms with Crippen LogP contribution in [0.25, 0.3) is 0 Å². The molecule has 242 valence electrons. The van der Waals surface area contributed by atoms with Crippen LogP contribution in [-0.2, 0) is 19.1 Å². The predicted molar refractivity (Wildman–Crippen MR) is 175 cm³/mol. The van der Waals surface area contributed by atoms with E-state index in [0.29, 0.717) is 49.7 Å². The first-order valence-electron chi connectivity index (χ1n) is 14.5. The van der Waals surface area contributed by atoms with Crippen molar-refractivity contribution >= 4 is 58.2 Å². The third-order valence-electron chi connectivity index (χ3n) is 7.74. The summed E-state index contributed by atoms with van der Waals surface area (Å²) in [6, 6.07) is 18.0. The van der Waals surface area contributed by atoms with Gasteiger partial charge in [-0.1, -0.05) is 29.2 Å². The number of fused-ring (bicyclic) bond motifs is 2. The summed E-state index contributed by atoms with van der Waals surface area (Å²) >= 11 is 2.15. The molecule has 2 aliphatic heterocycles. The van der Waals surface area contributed by atoms with Gasteiger partial charge in [0.15, 0.2) is 18.1 Å². The minimum absolute atomic E-state index is 0.218. The summed E-state index contributed by atoms with van der Waals surface area (Å²) in [6.07, 6.45) is 0. The van der Waals surface area contributed by atoms with Gasteiger partial charge in [-0.3, -0.25) is 19.2 Å². The summed E-state index contributed by atoms with van der Waals surface area (Å²) in [7, 11) is 3.01. The van der Waals surface area contributed by atoms with Crippen molar-refractivity contribution in [2.45, 2.75) is 23.1 Å². The molecule has 12 nitrogen and oxygen atoms in total. The number of benzene rings is 3. The predicted octanol–water partition coefficient (Wildman–Crippen LogP) is 4.44. The Morgan fingerprint density at radius 3 is 2.34 bits per heavy atom. The Kier molecular flexibility index (Phi) is 9.05. The van der Waals surface area contributed by atoms with Crippen LogP contribution in [0, 0.1) is 5.92 Å². The Balaban J connectivity index is 1.26. The maximum Gasteiger partial charge on any atom is 0.338 e. The fraction of sp³-hybridized carbons (Fsp3) is 0.242. The normalized spacial score (nSPS) is 18.3. The van der Waals surface area contributed by atoms with Gasteiger partial charge in [-0.2, -0.15) is 0 Å². The average Bonchev–Trinajstić information content (AvgIpc) is 3.57. The lowest BCUT2D eigenvalue weighted by molar-refractivity contribution is -0.122. The maximum atomic E-state index is 14.1. The van der Waals surface area contributed by atoms with Crippen molar-refractivity contribution in [2.24, 2.45) is 5.92 Å². The van der Waals surface area contributed by atoms with Crippen LogP contribution >= 0.6 is 23.1 Å². The molecule has 3 amide bonds. The fourth-order valence-electron chi connectivity index (χ4n) is 5.60. The van der Waals surface area contributed by atoms with Crippen LogP contribution in [0.5, 0.6) is 17.2 Å². The van der Waals surface area contributed by atoms with Gasteiger partial charge in [0.1, 0.15) is 11.0 Å². The highest BCUT2D eigenvalue weighted by molar-refractivity contribution is 8.00. The van der Waals surface area contributed by atoms with Crippen LogP contribution in [-0.4, -0.2) is 61.4 Å². The molecule has 14 heteroatoms. The van der Waals surface area contributed by atoms with Crippen molar-refractivity contribution in [3.05, 3.63) is 92.4 Å². The molecule has 1 aromatic heterocycles. The van der Waals surface area contributed by atoms with Gasteiger partial charge in [-0.25, -0.2) is 9.69 Å². The summed E-state index contributed by atoms with van der Waals surface area (Å²) in [5.74, 6) is -1.97. The van der Waals surface area contributed by atoms with E-state index in [4.69, 9.17) is 18.9 Å². The molecular formula is C33H29N3O9S2. The lowest BCUT2D eigenvalue weighted by Gasteiger charge is -2.30. The van der Waals surface area contributed by atoms with E-state index in [9.17, 15) is 24.0 Å². The topological polar surface area (TPSA) is 153 Å². The number of carbonyl (C=O) groups excluding carboxylic acids is 4. The molecule has 0 aliphatic carbocycles. The highest BCUT2D eigenvalue weighted by Gasteiger charge is 2.56. The second-order valence-corrected chi connectivity index (χ2v) is 12.7. The number of nitrogens with one attached hydrogen (secondary N) is 2. The first-order valence-corrected chi connectivity index (χ1v) is 16.2. The Hall–Kier alpha value is -5.08. The van der Waals surface area contributed by atoms with Crippen LogP contribution < -0.4 is 29.3 Å².